The molecule has 0 aromatic heterocycles. The number of methoxy groups -OCH3 is 2. The highest BCUT2D eigenvalue weighted by atomic mass is 16.6. The summed E-state index contributed by atoms with van der Waals surface area (Å²) in [5.74, 6) is -8.16. The summed E-state index contributed by atoms with van der Waals surface area (Å²) in [5.41, 5.74) is 1.85. The summed E-state index contributed by atoms with van der Waals surface area (Å²) in [5, 5.41) is 35.1. The number of allylic oxidation sites excluding steroid dienone is 6. The number of carbonyl (C=O) groups is 5. The standard InChI is InChI=1S/C66H100N2O14/c1-43-22-13-10-14-23-44(2)57(80-42-55(70)51-24-15-11-16-25-51)40-52-29-27-49(7)66(76,82-52)63(73)64(74)68-34-20-17-26-53(68)65(75)81-58(41-54(69)45(3)37-48(6)61(72)62(78-9)60(71)47(5)36-43)46(4)38-50-28-30-56(59(39-50)77-8)79-35-21-33-67-31-18-12-19-32-67/h10-11,13-16,22-25,37,43,45-47,49-50,52-53,55-59,61-62,70,72,76H,12,17-21,26-36,38-42H2,1-9H3/b14-10+,22-13+,44-23+,48-37+/t43-,45-,46-,47-,49-,50+,52+,53?,55-,56-,57?,58+,59-,61-,62+,66-/m1/s1. The van der Waals surface area contributed by atoms with Crippen molar-refractivity contribution in [2.45, 2.75) is 212 Å². The van der Waals surface area contributed by atoms with Crippen molar-refractivity contribution in [3.8, 4) is 0 Å². The van der Waals surface area contributed by atoms with Crippen LogP contribution in [0.15, 0.2) is 77.9 Å². The van der Waals surface area contributed by atoms with Crippen LogP contribution in [0.3, 0.4) is 0 Å². The fraction of sp³-hybridized carbons (Fsp3) is 0.712. The van der Waals surface area contributed by atoms with E-state index in [0.717, 1.165) is 50.9 Å². The molecule has 0 radical (unpaired) electrons. The van der Waals surface area contributed by atoms with Crippen molar-refractivity contribution in [2.75, 3.05) is 53.6 Å². The average Bonchev–Trinajstić information content (AvgIpc) is 3.47. The van der Waals surface area contributed by atoms with E-state index in [1.165, 1.54) is 31.3 Å². The number of ether oxygens (including phenoxy) is 6. The molecule has 16 nitrogen and oxygen atoms in total. The summed E-state index contributed by atoms with van der Waals surface area (Å²) in [7, 11) is 3.10. The number of hydrogen-bond acceptors (Lipinski definition) is 15. The number of esters is 1. The number of fused-ring (bicyclic) bond motifs is 3. The Kier molecular flexibility index (Phi) is 26.8. The van der Waals surface area contributed by atoms with Crippen molar-refractivity contribution in [1.82, 2.24) is 9.80 Å². The molecule has 16 atom stereocenters. The number of aliphatic hydroxyl groups is 3. The highest BCUT2D eigenvalue weighted by molar-refractivity contribution is 6.39. The highest BCUT2D eigenvalue weighted by Gasteiger charge is 2.53. The minimum absolute atomic E-state index is 0.0249. The van der Waals surface area contributed by atoms with Crippen molar-refractivity contribution in [3.05, 3.63) is 83.5 Å². The number of cyclic esters (lactones) is 1. The van der Waals surface area contributed by atoms with Gasteiger partial charge in [0.05, 0.1) is 31.0 Å². The number of Topliss-reactive ketones (excluding diaryl/α,β-unsaturated/α-hetero) is 3. The summed E-state index contributed by atoms with van der Waals surface area (Å²) >= 11 is 0. The average molecular weight is 1150 g/mol. The van der Waals surface area contributed by atoms with Gasteiger partial charge in [0, 0.05) is 64.5 Å². The molecule has 2 bridgehead atoms. The van der Waals surface area contributed by atoms with Crippen LogP contribution in [-0.2, 0) is 52.4 Å². The fourth-order valence-corrected chi connectivity index (χ4v) is 12.9. The van der Waals surface area contributed by atoms with Gasteiger partial charge in [-0.15, -0.1) is 0 Å². The molecule has 4 aliphatic heterocycles. The van der Waals surface area contributed by atoms with E-state index in [0.29, 0.717) is 56.3 Å². The third-order valence-corrected chi connectivity index (χ3v) is 18.2. The second-order valence-corrected chi connectivity index (χ2v) is 24.7. The lowest BCUT2D eigenvalue weighted by molar-refractivity contribution is -0.266. The van der Waals surface area contributed by atoms with E-state index in [-0.39, 0.29) is 73.9 Å². The molecule has 0 spiro atoms. The van der Waals surface area contributed by atoms with Crippen LogP contribution >= 0.6 is 0 Å². The van der Waals surface area contributed by atoms with Gasteiger partial charge in [0.2, 0.25) is 5.79 Å². The predicted octanol–water partition coefficient (Wildman–Crippen LogP) is 9.18. The SMILES string of the molecule is CO[C@@H]1C[C@H](C[C@@H](C)[C@@H]2CC(=O)[C@H](C)/C=C(\C)[C@@H](O)[C@@H](OC)C(=O)[C@H](C)C[C@H](C)/C=C/C=C/C=C(\C)C(OC[C@@H](O)c3ccccc3)C[C@@H]3CC[C@@H](C)[C@@](O)(O3)C(=O)C(=O)N3CCCCC3C(=O)O2)CC[C@H]1OCCCN1CCCCC1. The Hall–Kier alpha value is -4.23. The number of hydrogen-bond donors (Lipinski definition) is 3. The van der Waals surface area contributed by atoms with Crippen LogP contribution in [0.4, 0.5) is 0 Å². The fourth-order valence-electron chi connectivity index (χ4n) is 12.9. The molecule has 1 aliphatic carbocycles. The zero-order valence-electron chi connectivity index (χ0n) is 50.8. The molecule has 2 unspecified atom stereocenters. The number of rotatable bonds is 14. The van der Waals surface area contributed by atoms with E-state index < -0.39 is 83.9 Å². The largest absolute Gasteiger partial charge is 0.460 e. The summed E-state index contributed by atoms with van der Waals surface area (Å²) < 4.78 is 37.3. The van der Waals surface area contributed by atoms with Crippen LogP contribution in [0.25, 0.3) is 0 Å². The van der Waals surface area contributed by atoms with Gasteiger partial charge in [0.15, 0.2) is 5.78 Å². The second-order valence-electron chi connectivity index (χ2n) is 24.7. The Bertz CT molecular complexity index is 2330. The van der Waals surface area contributed by atoms with Crippen LogP contribution in [0.2, 0.25) is 0 Å². The quantitative estimate of drug-likeness (QED) is 0.0687. The van der Waals surface area contributed by atoms with Crippen LogP contribution in [0.5, 0.6) is 0 Å². The Morgan fingerprint density at radius 2 is 1.52 bits per heavy atom. The van der Waals surface area contributed by atoms with Gasteiger partial charge in [-0.1, -0.05) is 108 Å². The van der Waals surface area contributed by atoms with Crippen molar-refractivity contribution >= 4 is 29.2 Å². The molecule has 458 valence electrons. The molecular weight excluding hydrogens is 1040 g/mol. The number of benzene rings is 1. The van der Waals surface area contributed by atoms with Gasteiger partial charge in [-0.25, -0.2) is 4.79 Å². The van der Waals surface area contributed by atoms with Gasteiger partial charge in [-0.3, -0.25) is 19.2 Å². The van der Waals surface area contributed by atoms with Gasteiger partial charge in [0.25, 0.3) is 11.7 Å². The Morgan fingerprint density at radius 1 is 0.793 bits per heavy atom. The third-order valence-electron chi connectivity index (χ3n) is 18.2. The van der Waals surface area contributed by atoms with Crippen LogP contribution < -0.4 is 0 Å². The molecule has 6 rings (SSSR count). The maximum absolute atomic E-state index is 14.8. The third kappa shape index (κ3) is 18.9. The first kappa shape index (κ1) is 66.9. The molecule has 1 saturated carbocycles. The topological polar surface area (TPSA) is 208 Å². The lowest BCUT2D eigenvalue weighted by Crippen LogP contribution is -2.61. The van der Waals surface area contributed by atoms with Crippen LogP contribution in [-0.4, -0.2) is 163 Å². The van der Waals surface area contributed by atoms with E-state index in [2.05, 4.69) is 4.90 Å². The zero-order valence-corrected chi connectivity index (χ0v) is 50.8. The van der Waals surface area contributed by atoms with Gasteiger partial charge in [-0.2, -0.15) is 0 Å². The summed E-state index contributed by atoms with van der Waals surface area (Å²) in [6, 6.07) is 8.00. The summed E-state index contributed by atoms with van der Waals surface area (Å²) in [6.07, 6.45) is 15.6. The molecular formula is C66H100N2O14. The number of nitrogens with zero attached hydrogens (tertiary/aromatic N) is 2. The lowest BCUT2D eigenvalue weighted by Gasteiger charge is -2.43. The smallest absolute Gasteiger partial charge is 0.329 e. The molecule has 4 heterocycles. The van der Waals surface area contributed by atoms with Gasteiger partial charge < -0.3 is 53.5 Å². The number of carbonyl (C=O) groups excluding carboxylic acids is 5. The maximum atomic E-state index is 14.8. The molecule has 1 aromatic carbocycles. The Morgan fingerprint density at radius 3 is 2.24 bits per heavy atom. The van der Waals surface area contributed by atoms with E-state index in [9.17, 15) is 39.3 Å². The van der Waals surface area contributed by atoms with Gasteiger partial charge in [-0.05, 0) is 145 Å². The molecule has 3 saturated heterocycles. The molecule has 1 aromatic rings. The molecule has 1 amide bonds. The van der Waals surface area contributed by atoms with Crippen molar-refractivity contribution in [3.63, 3.8) is 0 Å². The normalized spacial score (nSPS) is 36.2. The first-order valence-electron chi connectivity index (χ1n) is 30.9. The number of aliphatic hydroxyl groups excluding tert-OH is 2. The van der Waals surface area contributed by atoms with E-state index in [4.69, 9.17) is 28.4 Å². The van der Waals surface area contributed by atoms with Crippen molar-refractivity contribution in [2.24, 2.45) is 35.5 Å². The first-order valence-corrected chi connectivity index (χ1v) is 30.9. The number of piperidine rings is 2. The van der Waals surface area contributed by atoms with Crippen LogP contribution in [0, 0.1) is 35.5 Å². The van der Waals surface area contributed by atoms with Gasteiger partial charge in [0.1, 0.15) is 36.2 Å². The number of ketones is 3. The number of likely N-dealkylation sites (tertiary alicyclic amines) is 1. The summed E-state index contributed by atoms with van der Waals surface area (Å²) in [4.78, 5) is 76.1. The van der Waals surface area contributed by atoms with Crippen LogP contribution in [0.1, 0.15) is 163 Å². The molecule has 4 fully saturated rings. The molecule has 5 aliphatic rings. The van der Waals surface area contributed by atoms with E-state index in [1.54, 1.807) is 34.0 Å². The Labute approximate surface area is 489 Å². The maximum Gasteiger partial charge on any atom is 0.329 e. The van der Waals surface area contributed by atoms with Gasteiger partial charge >= 0.3 is 5.97 Å². The van der Waals surface area contributed by atoms with Crippen molar-refractivity contribution in [1.29, 1.82) is 0 Å². The molecule has 82 heavy (non-hydrogen) atoms. The molecule has 3 N–H and O–H groups in total. The van der Waals surface area contributed by atoms with Crippen molar-refractivity contribution < 1.29 is 67.7 Å². The Balaban J connectivity index is 1.26. The lowest BCUT2D eigenvalue weighted by atomic mass is 9.78. The molecule has 16 heteroatoms. The number of amides is 1. The minimum atomic E-state index is -2.51. The van der Waals surface area contributed by atoms with E-state index >= 15 is 0 Å². The zero-order chi connectivity index (χ0) is 59.5. The monoisotopic (exact) mass is 1140 g/mol. The second kappa shape index (κ2) is 32.9. The highest BCUT2D eigenvalue weighted by Crippen LogP contribution is 2.38. The van der Waals surface area contributed by atoms with E-state index in [1.807, 2.05) is 88.4 Å². The minimum Gasteiger partial charge on any atom is -0.460 e. The summed E-state index contributed by atoms with van der Waals surface area (Å²) in [6.45, 7) is 16.7. The predicted molar refractivity (Wildman–Crippen MR) is 314 cm³/mol. The first-order chi connectivity index (χ1) is 39.2.